The van der Waals surface area contributed by atoms with Gasteiger partial charge in [0.2, 0.25) is 0 Å². The van der Waals surface area contributed by atoms with Crippen LogP contribution in [0.25, 0.3) is 76.8 Å². The van der Waals surface area contributed by atoms with E-state index in [1.54, 1.807) is 0 Å². The molecule has 0 N–H and O–H groups in total. The smallest absolute Gasteiger partial charge is 0.0159 e. The lowest BCUT2D eigenvalue weighted by Gasteiger charge is -2.23. The van der Waals surface area contributed by atoms with Crippen LogP contribution in [-0.4, -0.2) is 0 Å². The largest absolute Gasteiger partial charge is 0.0619 e. The number of rotatable bonds is 3. The van der Waals surface area contributed by atoms with Crippen molar-refractivity contribution in [2.45, 2.75) is 19.3 Å². The van der Waals surface area contributed by atoms with E-state index in [9.17, 15) is 0 Å². The van der Waals surface area contributed by atoms with Crippen LogP contribution in [0.5, 0.6) is 0 Å². The molecule has 0 heteroatoms. The van der Waals surface area contributed by atoms with Crippen LogP contribution in [0.4, 0.5) is 0 Å². The molecule has 0 amide bonds. The van der Waals surface area contributed by atoms with Gasteiger partial charge in [0, 0.05) is 5.41 Å². The van der Waals surface area contributed by atoms with Crippen molar-refractivity contribution in [3.05, 3.63) is 169 Å². The number of fused-ring (bicyclic) bond motifs is 6. The second kappa shape index (κ2) is 9.78. The van der Waals surface area contributed by atoms with Gasteiger partial charge in [0.15, 0.2) is 0 Å². The molecule has 1 aliphatic carbocycles. The zero-order valence-corrected chi connectivity index (χ0v) is 25.5. The number of hydrogen-bond donors (Lipinski definition) is 0. The summed E-state index contributed by atoms with van der Waals surface area (Å²) >= 11 is 0. The van der Waals surface area contributed by atoms with Crippen molar-refractivity contribution in [1.29, 1.82) is 0 Å². The van der Waals surface area contributed by atoms with E-state index < -0.39 is 0 Å². The lowest BCUT2D eigenvalue weighted by molar-refractivity contribution is 0.661. The maximum absolute atomic E-state index is 2.49. The Labute approximate surface area is 264 Å². The third kappa shape index (κ3) is 3.92. The fourth-order valence-electron chi connectivity index (χ4n) is 7.79. The summed E-state index contributed by atoms with van der Waals surface area (Å²) in [4.78, 5) is 0. The molecule has 0 heterocycles. The van der Waals surface area contributed by atoms with Crippen LogP contribution in [-0.2, 0) is 5.41 Å². The minimum Gasteiger partial charge on any atom is -0.0619 e. The van der Waals surface area contributed by atoms with Crippen LogP contribution in [0, 0.1) is 0 Å². The molecule has 1 aliphatic rings. The molecule has 0 saturated carbocycles. The van der Waals surface area contributed by atoms with E-state index >= 15 is 0 Å². The number of benzene rings is 8. The van der Waals surface area contributed by atoms with Crippen molar-refractivity contribution in [2.24, 2.45) is 0 Å². The first-order valence-electron chi connectivity index (χ1n) is 15.9. The third-order valence-corrected chi connectivity index (χ3v) is 10.1. The Hall–Kier alpha value is -5.46. The summed E-state index contributed by atoms with van der Waals surface area (Å²) in [5.41, 5.74) is 13.0. The van der Waals surface area contributed by atoms with E-state index in [1.165, 1.54) is 88.0 Å². The van der Waals surface area contributed by atoms with Crippen molar-refractivity contribution in [1.82, 2.24) is 0 Å². The van der Waals surface area contributed by atoms with Crippen LogP contribution >= 0.6 is 0 Å². The van der Waals surface area contributed by atoms with E-state index in [1.807, 2.05) is 0 Å². The molecule has 8 aromatic rings. The zero-order valence-electron chi connectivity index (χ0n) is 25.5. The maximum atomic E-state index is 2.49. The molecule has 0 radical (unpaired) electrons. The van der Waals surface area contributed by atoms with Gasteiger partial charge in [-0.25, -0.2) is 0 Å². The molecule has 0 saturated heterocycles. The highest BCUT2D eigenvalue weighted by Crippen LogP contribution is 2.52. The van der Waals surface area contributed by atoms with Gasteiger partial charge in [0.1, 0.15) is 0 Å². The molecule has 9 rings (SSSR count). The van der Waals surface area contributed by atoms with Crippen molar-refractivity contribution in [3.63, 3.8) is 0 Å². The van der Waals surface area contributed by atoms with E-state index in [4.69, 9.17) is 0 Å². The lowest BCUT2D eigenvalue weighted by Crippen LogP contribution is -2.14. The minimum atomic E-state index is -0.0644. The summed E-state index contributed by atoms with van der Waals surface area (Å²) in [5, 5.41) is 7.71. The second-order valence-electron chi connectivity index (χ2n) is 12.9. The van der Waals surface area contributed by atoms with E-state index in [2.05, 4.69) is 172 Å². The average molecular weight is 573 g/mol. The summed E-state index contributed by atoms with van der Waals surface area (Å²) in [7, 11) is 0. The second-order valence-corrected chi connectivity index (χ2v) is 12.9. The van der Waals surface area contributed by atoms with Crippen LogP contribution in [0.15, 0.2) is 158 Å². The molecular weight excluding hydrogens is 540 g/mol. The van der Waals surface area contributed by atoms with Crippen LogP contribution in [0.1, 0.15) is 25.0 Å². The fourth-order valence-corrected chi connectivity index (χ4v) is 7.79. The predicted octanol–water partition coefficient (Wildman–Crippen LogP) is 12.5. The zero-order chi connectivity index (χ0) is 30.1. The van der Waals surface area contributed by atoms with E-state index in [-0.39, 0.29) is 5.41 Å². The van der Waals surface area contributed by atoms with Crippen molar-refractivity contribution >= 4 is 32.3 Å². The highest BCUT2D eigenvalue weighted by Gasteiger charge is 2.35. The molecule has 0 atom stereocenters. The monoisotopic (exact) mass is 572 g/mol. The highest BCUT2D eigenvalue weighted by molar-refractivity contribution is 6.12. The van der Waals surface area contributed by atoms with E-state index in [0.29, 0.717) is 0 Å². The molecular formula is C45H32. The fraction of sp³-hybridized carbons (Fsp3) is 0.0667. The molecule has 8 aromatic carbocycles. The Morgan fingerprint density at radius 3 is 1.49 bits per heavy atom. The minimum absolute atomic E-state index is 0.0644. The number of hydrogen-bond acceptors (Lipinski definition) is 0. The van der Waals surface area contributed by atoms with Crippen molar-refractivity contribution < 1.29 is 0 Å². The molecule has 0 nitrogen and oxygen atoms in total. The Morgan fingerprint density at radius 2 is 0.778 bits per heavy atom. The highest BCUT2D eigenvalue weighted by atomic mass is 14.4. The molecule has 0 spiro atoms. The van der Waals surface area contributed by atoms with Gasteiger partial charge in [-0.05, 0) is 100 Å². The first-order valence-corrected chi connectivity index (χ1v) is 15.9. The van der Waals surface area contributed by atoms with Gasteiger partial charge in [-0.15, -0.1) is 0 Å². The standard InChI is InChI=1S/C45H32/c1-45(2)43-20-8-7-17-39(43)42-27-40-38(37-19-10-14-30-12-4-6-16-35(30)37)26-25-36(41(40)28-44(42)45)32-23-21-31(22-24-32)34-18-9-13-29-11-3-5-15-33(29)34/h3-28H,1-2H3. The van der Waals surface area contributed by atoms with E-state index in [0.717, 1.165) is 0 Å². The van der Waals surface area contributed by atoms with Gasteiger partial charge in [-0.3, -0.25) is 0 Å². The van der Waals surface area contributed by atoms with Gasteiger partial charge >= 0.3 is 0 Å². The molecule has 0 aromatic heterocycles. The molecule has 0 bridgehead atoms. The van der Waals surface area contributed by atoms with Gasteiger partial charge in [-0.2, -0.15) is 0 Å². The summed E-state index contributed by atoms with van der Waals surface area (Å²) in [6.07, 6.45) is 0. The molecule has 45 heavy (non-hydrogen) atoms. The maximum Gasteiger partial charge on any atom is 0.0159 e. The summed E-state index contributed by atoms with van der Waals surface area (Å²) in [6, 6.07) is 58.4. The molecule has 0 fully saturated rings. The lowest BCUT2D eigenvalue weighted by atomic mass is 9.80. The first-order chi connectivity index (χ1) is 22.1. The molecule has 212 valence electrons. The van der Waals surface area contributed by atoms with Gasteiger partial charge in [0.05, 0.1) is 0 Å². The Morgan fingerprint density at radius 1 is 0.311 bits per heavy atom. The average Bonchev–Trinajstić information content (AvgIpc) is 3.32. The summed E-state index contributed by atoms with van der Waals surface area (Å²) < 4.78 is 0. The van der Waals surface area contributed by atoms with Crippen LogP contribution in [0.2, 0.25) is 0 Å². The van der Waals surface area contributed by atoms with Crippen LogP contribution in [0.3, 0.4) is 0 Å². The SMILES string of the molecule is CC1(C)c2ccccc2-c2cc3c(-c4cccc5ccccc45)ccc(-c4ccc(-c5cccc6ccccc56)cc4)c3cc21. The van der Waals surface area contributed by atoms with Gasteiger partial charge in [0.25, 0.3) is 0 Å². The normalized spacial score (nSPS) is 13.3. The summed E-state index contributed by atoms with van der Waals surface area (Å²) in [5.74, 6) is 0. The third-order valence-electron chi connectivity index (χ3n) is 10.1. The first kappa shape index (κ1) is 26.0. The van der Waals surface area contributed by atoms with Crippen molar-refractivity contribution in [3.8, 4) is 44.5 Å². The Kier molecular flexibility index (Phi) is 5.64. The van der Waals surface area contributed by atoms with Crippen molar-refractivity contribution in [2.75, 3.05) is 0 Å². The molecule has 0 unspecified atom stereocenters. The van der Waals surface area contributed by atoms with Crippen LogP contribution < -0.4 is 0 Å². The Balaban J connectivity index is 1.28. The van der Waals surface area contributed by atoms with Gasteiger partial charge < -0.3 is 0 Å². The topological polar surface area (TPSA) is 0 Å². The quantitative estimate of drug-likeness (QED) is 0.197. The molecule has 0 aliphatic heterocycles. The Bertz CT molecular complexity index is 2430. The van der Waals surface area contributed by atoms with Gasteiger partial charge in [-0.1, -0.05) is 159 Å². The predicted molar refractivity (Wildman–Crippen MR) is 193 cm³/mol. The summed E-state index contributed by atoms with van der Waals surface area (Å²) in [6.45, 7) is 4.74.